The van der Waals surface area contributed by atoms with Gasteiger partial charge in [0, 0.05) is 25.2 Å². The van der Waals surface area contributed by atoms with E-state index in [0.29, 0.717) is 22.6 Å². The highest BCUT2D eigenvalue weighted by atomic mass is 19.1. The van der Waals surface area contributed by atoms with Crippen LogP contribution < -0.4 is 16.0 Å². The van der Waals surface area contributed by atoms with Crippen molar-refractivity contribution in [2.24, 2.45) is 0 Å². The predicted octanol–water partition coefficient (Wildman–Crippen LogP) is 2.97. The fourth-order valence-corrected chi connectivity index (χ4v) is 4.57. The Morgan fingerprint density at radius 2 is 1.92 bits per heavy atom. The maximum absolute atomic E-state index is 14.3. The molecule has 0 saturated heterocycles. The number of carbonyl (C=O) groups is 2. The van der Waals surface area contributed by atoms with Crippen LogP contribution in [0.3, 0.4) is 0 Å². The van der Waals surface area contributed by atoms with Crippen LogP contribution >= 0.6 is 0 Å². The van der Waals surface area contributed by atoms with Crippen LogP contribution in [0.5, 0.6) is 0 Å². The van der Waals surface area contributed by atoms with Crippen LogP contribution in [0, 0.1) is 11.3 Å². The first-order chi connectivity index (χ1) is 18.0. The second-order valence-electron chi connectivity index (χ2n) is 10.3. The lowest BCUT2D eigenvalue weighted by Crippen LogP contribution is -2.42. The Labute approximate surface area is 220 Å². The van der Waals surface area contributed by atoms with Crippen LogP contribution in [-0.4, -0.2) is 61.9 Å². The van der Waals surface area contributed by atoms with Crippen LogP contribution in [0.25, 0.3) is 16.9 Å². The van der Waals surface area contributed by atoms with Crippen LogP contribution in [0.1, 0.15) is 62.4 Å². The third kappa shape index (κ3) is 6.26. The van der Waals surface area contributed by atoms with Gasteiger partial charge in [0.15, 0.2) is 0 Å². The molecule has 0 unspecified atom stereocenters. The number of nitriles is 1. The van der Waals surface area contributed by atoms with Crippen molar-refractivity contribution in [2.75, 3.05) is 11.9 Å². The predicted molar refractivity (Wildman–Crippen MR) is 140 cm³/mol. The van der Waals surface area contributed by atoms with Crippen molar-refractivity contribution in [1.82, 2.24) is 25.2 Å². The van der Waals surface area contributed by atoms with Crippen molar-refractivity contribution in [1.29, 1.82) is 5.26 Å². The first kappa shape index (κ1) is 27.0. The number of amides is 2. The molecule has 10 nitrogen and oxygen atoms in total. The first-order valence-electron chi connectivity index (χ1n) is 12.6. The number of hydrogen-bond acceptors (Lipinski definition) is 7. The molecule has 0 bridgehead atoms. The van der Waals surface area contributed by atoms with E-state index >= 15 is 0 Å². The van der Waals surface area contributed by atoms with E-state index in [1.807, 2.05) is 12.1 Å². The average Bonchev–Trinajstić information content (AvgIpc) is 3.30. The number of fused-ring (bicyclic) bond motifs is 1. The molecule has 1 atom stereocenters. The maximum atomic E-state index is 14.3. The summed E-state index contributed by atoms with van der Waals surface area (Å²) in [5, 5.41) is 32.4. The minimum atomic E-state index is -1.64. The molecule has 4 rings (SSSR count). The van der Waals surface area contributed by atoms with Gasteiger partial charge >= 0.3 is 0 Å². The highest BCUT2D eigenvalue weighted by Crippen LogP contribution is 2.29. The number of alkyl halides is 1. The van der Waals surface area contributed by atoms with Crippen molar-refractivity contribution in [3.8, 4) is 17.5 Å². The van der Waals surface area contributed by atoms with Crippen molar-refractivity contribution in [3.63, 3.8) is 0 Å². The number of rotatable bonds is 8. The van der Waals surface area contributed by atoms with Crippen molar-refractivity contribution in [3.05, 3.63) is 47.8 Å². The Morgan fingerprint density at radius 1 is 1.21 bits per heavy atom. The van der Waals surface area contributed by atoms with Gasteiger partial charge in [-0.15, -0.1) is 0 Å². The molecule has 3 heterocycles. The number of aliphatic hydroxyl groups is 1. The van der Waals surface area contributed by atoms with Crippen molar-refractivity contribution < 1.29 is 19.1 Å². The topological polar surface area (TPSA) is 144 Å². The van der Waals surface area contributed by atoms with E-state index < -0.39 is 17.7 Å². The number of halogens is 1. The Morgan fingerprint density at radius 3 is 2.58 bits per heavy atom. The number of nitrogens with one attached hydrogen (secondary N) is 3. The van der Waals surface area contributed by atoms with E-state index in [1.54, 1.807) is 16.6 Å². The molecule has 0 spiro atoms. The minimum absolute atomic E-state index is 0.0497. The second kappa shape index (κ2) is 11.1. The number of carbonyl (C=O) groups excluding carboxylic acids is 2. The number of nitrogens with zero attached hydrogens (tertiary/aromatic N) is 4. The van der Waals surface area contributed by atoms with Crippen molar-refractivity contribution in [2.45, 2.75) is 70.3 Å². The van der Waals surface area contributed by atoms with Crippen molar-refractivity contribution >= 4 is 23.0 Å². The molecule has 0 radical (unpaired) electrons. The van der Waals surface area contributed by atoms with E-state index in [2.05, 4.69) is 32.1 Å². The number of pyridine rings is 1. The van der Waals surface area contributed by atoms with Crippen LogP contribution in [-0.2, 0) is 4.79 Å². The lowest BCUT2D eigenvalue weighted by Gasteiger charge is -2.30. The Hall–Kier alpha value is -4.04. The summed E-state index contributed by atoms with van der Waals surface area (Å²) in [6.07, 6.45) is 4.47. The molecule has 0 aliphatic heterocycles. The van der Waals surface area contributed by atoms with E-state index in [1.165, 1.54) is 33.2 Å². The molecule has 1 fully saturated rings. The zero-order valence-corrected chi connectivity index (χ0v) is 21.7. The van der Waals surface area contributed by atoms with Gasteiger partial charge in [0.25, 0.3) is 5.91 Å². The Balaban J connectivity index is 1.61. The molecule has 1 aliphatic carbocycles. The fraction of sp³-hybridized carbons (Fsp3) is 0.444. The monoisotopic (exact) mass is 521 g/mol. The largest absolute Gasteiger partial charge is 0.387 e. The second-order valence-corrected chi connectivity index (χ2v) is 10.3. The van der Waals surface area contributed by atoms with Crippen LogP contribution in [0.15, 0.2) is 36.7 Å². The molecule has 4 N–H and O–H groups in total. The summed E-state index contributed by atoms with van der Waals surface area (Å²) in [7, 11) is 0. The molecule has 3 aromatic rings. The van der Waals surface area contributed by atoms with Crippen LogP contribution in [0.2, 0.25) is 0 Å². The molecule has 1 aliphatic rings. The quantitative estimate of drug-likeness (QED) is 0.357. The van der Waals surface area contributed by atoms with E-state index in [-0.39, 0.29) is 30.1 Å². The zero-order chi connectivity index (χ0) is 27.4. The number of anilines is 1. The summed E-state index contributed by atoms with van der Waals surface area (Å²) >= 11 is 0. The van der Waals surface area contributed by atoms with E-state index in [4.69, 9.17) is 5.26 Å². The van der Waals surface area contributed by atoms with Gasteiger partial charge in [-0.05, 0) is 63.8 Å². The smallest absolute Gasteiger partial charge is 0.255 e. The Bertz CT molecular complexity index is 1370. The molecular formula is C27H32FN7O3. The lowest BCUT2D eigenvalue weighted by molar-refractivity contribution is -0.119. The highest BCUT2D eigenvalue weighted by Gasteiger charge is 2.28. The van der Waals surface area contributed by atoms with Gasteiger partial charge < -0.3 is 21.1 Å². The van der Waals surface area contributed by atoms with Crippen LogP contribution in [0.4, 0.5) is 10.1 Å². The van der Waals surface area contributed by atoms with Gasteiger partial charge in [0.05, 0.1) is 52.1 Å². The first-order valence-corrected chi connectivity index (χ1v) is 12.6. The summed E-state index contributed by atoms with van der Waals surface area (Å²) in [5.41, 5.74) is 1.62. The molecule has 0 aromatic carbocycles. The van der Waals surface area contributed by atoms with Gasteiger partial charge in [0.1, 0.15) is 12.2 Å². The summed E-state index contributed by atoms with van der Waals surface area (Å²) in [6, 6.07) is 9.42. The maximum Gasteiger partial charge on any atom is 0.255 e. The van der Waals surface area contributed by atoms with E-state index in [9.17, 15) is 19.1 Å². The summed E-state index contributed by atoms with van der Waals surface area (Å²) in [5.74, 6) is -0.562. The minimum Gasteiger partial charge on any atom is -0.387 e. The lowest BCUT2D eigenvalue weighted by atomic mass is 9.90. The SMILES string of the molecule is CC(=O)N[C@H]1CC[C@@H](Nc2cc(-c3ccc4cc(C#N)cnn34)ncc2C(=O)NC[C@@H](F)C(C)(C)O)CC1. The average molecular weight is 522 g/mol. The van der Waals surface area contributed by atoms with Gasteiger partial charge in [-0.1, -0.05) is 0 Å². The number of hydrogen-bond donors (Lipinski definition) is 4. The molecule has 3 aromatic heterocycles. The van der Waals surface area contributed by atoms with Gasteiger partial charge in [-0.2, -0.15) is 10.4 Å². The normalized spacial score (nSPS) is 18.4. The molecule has 200 valence electrons. The molecule has 2 amide bonds. The van der Waals surface area contributed by atoms with Gasteiger partial charge in [-0.25, -0.2) is 8.91 Å². The van der Waals surface area contributed by atoms with Gasteiger partial charge in [-0.3, -0.25) is 14.6 Å². The highest BCUT2D eigenvalue weighted by molar-refractivity contribution is 6.00. The summed E-state index contributed by atoms with van der Waals surface area (Å²) in [6.45, 7) is 3.86. The van der Waals surface area contributed by atoms with E-state index in [0.717, 1.165) is 31.2 Å². The number of aromatic nitrogens is 3. The third-order valence-electron chi connectivity index (χ3n) is 6.74. The molecule has 1 saturated carbocycles. The van der Waals surface area contributed by atoms with Gasteiger partial charge in [0.2, 0.25) is 5.91 Å². The molecule has 11 heteroatoms. The summed E-state index contributed by atoms with van der Waals surface area (Å²) < 4.78 is 16.0. The summed E-state index contributed by atoms with van der Waals surface area (Å²) in [4.78, 5) is 29.0. The Kier molecular flexibility index (Phi) is 7.92. The fourth-order valence-electron chi connectivity index (χ4n) is 4.57. The molecular weight excluding hydrogens is 489 g/mol. The molecule has 38 heavy (non-hydrogen) atoms. The third-order valence-corrected chi connectivity index (χ3v) is 6.74. The zero-order valence-electron chi connectivity index (χ0n) is 21.7. The standard InChI is InChI=1S/C27H32FN7O3/c1-16(36)33-18-4-6-19(7-5-18)34-22-11-23(24-9-8-20-10-17(12-29)13-32-35(20)24)30-14-21(22)26(37)31-15-25(28)27(2,3)38/h8-11,13-14,18-19,25,38H,4-7,15H2,1-3H3,(H,30,34)(H,31,37)(H,33,36)/t18-,19+,25-/m1/s1.